The van der Waals surface area contributed by atoms with E-state index in [1.165, 1.54) is 43.8 Å². The summed E-state index contributed by atoms with van der Waals surface area (Å²) in [5, 5.41) is 5.50. The zero-order chi connectivity index (χ0) is 28.2. The van der Waals surface area contributed by atoms with Crippen molar-refractivity contribution in [2.24, 2.45) is 0 Å². The molecular formula is C38H46Cl2Zr2. The van der Waals surface area contributed by atoms with E-state index in [0.29, 0.717) is 0 Å². The van der Waals surface area contributed by atoms with E-state index in [1.54, 1.807) is 0 Å². The van der Waals surface area contributed by atoms with Crippen LogP contribution in [0.2, 0.25) is 0 Å². The Kier molecular flexibility index (Phi) is 34.2. The molecule has 220 valence electrons. The Bertz CT molecular complexity index is 1180. The maximum atomic E-state index is 3.49. The summed E-state index contributed by atoms with van der Waals surface area (Å²) >= 11 is 0. The summed E-state index contributed by atoms with van der Waals surface area (Å²) in [6, 6.07) is 21.8. The first-order valence-electron chi connectivity index (χ1n) is 13.6. The van der Waals surface area contributed by atoms with Gasteiger partial charge >= 0.3 is 52.4 Å². The fourth-order valence-electron chi connectivity index (χ4n) is 3.60. The predicted octanol–water partition coefficient (Wildman–Crippen LogP) is 5.43. The molecule has 0 aromatic heterocycles. The van der Waals surface area contributed by atoms with Crippen LogP contribution in [0.15, 0.2) is 97.1 Å². The minimum Gasteiger partial charge on any atom is -1.00 e. The van der Waals surface area contributed by atoms with Crippen LogP contribution in [0.1, 0.15) is 61.8 Å². The first kappa shape index (κ1) is 47.9. The molecule has 4 aromatic carbocycles. The Labute approximate surface area is 308 Å². The van der Waals surface area contributed by atoms with Gasteiger partial charge in [-0.2, -0.15) is 49.3 Å². The molecule has 0 nitrogen and oxygen atoms in total. The van der Waals surface area contributed by atoms with Gasteiger partial charge in [-0.1, -0.05) is 51.0 Å². The van der Waals surface area contributed by atoms with Crippen molar-refractivity contribution in [1.82, 2.24) is 0 Å². The van der Waals surface area contributed by atoms with Crippen molar-refractivity contribution in [1.29, 1.82) is 0 Å². The zero-order valence-corrected chi connectivity index (χ0v) is 32.7. The number of halogens is 2. The first-order chi connectivity index (χ1) is 18.4. The van der Waals surface area contributed by atoms with Gasteiger partial charge in [0.2, 0.25) is 0 Å². The molecule has 42 heavy (non-hydrogen) atoms. The summed E-state index contributed by atoms with van der Waals surface area (Å²) in [6.07, 6.45) is 22.0. The van der Waals surface area contributed by atoms with Gasteiger partial charge in [-0.05, 0) is 13.8 Å². The summed E-state index contributed by atoms with van der Waals surface area (Å²) in [4.78, 5) is 0. The molecule has 4 aromatic rings. The van der Waals surface area contributed by atoms with E-state index >= 15 is 0 Å². The second-order valence-electron chi connectivity index (χ2n) is 9.22. The number of allylic oxidation sites excluding steroid dienone is 8. The van der Waals surface area contributed by atoms with Crippen LogP contribution in [0.25, 0.3) is 21.5 Å². The topological polar surface area (TPSA) is 0 Å². The molecule has 0 N–H and O–H groups in total. The molecule has 0 radical (unpaired) electrons. The molecule has 2 aliphatic carbocycles. The first-order valence-corrected chi connectivity index (χ1v) is 13.6. The summed E-state index contributed by atoms with van der Waals surface area (Å²) in [5.41, 5.74) is 5.44. The molecule has 4 heteroatoms. The van der Waals surface area contributed by atoms with Crippen LogP contribution in [0.3, 0.4) is 0 Å². The van der Waals surface area contributed by atoms with Crippen molar-refractivity contribution in [3.63, 3.8) is 0 Å². The van der Waals surface area contributed by atoms with Crippen molar-refractivity contribution in [3.05, 3.63) is 145 Å². The minimum absolute atomic E-state index is 0. The van der Waals surface area contributed by atoms with Crippen molar-refractivity contribution >= 4 is 21.5 Å². The average molecular weight is 756 g/mol. The summed E-state index contributed by atoms with van der Waals surface area (Å²) in [5.74, 6) is 0. The van der Waals surface area contributed by atoms with Crippen molar-refractivity contribution in [2.75, 3.05) is 0 Å². The fourth-order valence-corrected chi connectivity index (χ4v) is 3.60. The van der Waals surface area contributed by atoms with Crippen molar-refractivity contribution in [3.8, 4) is 0 Å². The van der Waals surface area contributed by atoms with E-state index < -0.39 is 0 Å². The third-order valence-corrected chi connectivity index (χ3v) is 5.46. The van der Waals surface area contributed by atoms with Crippen LogP contribution >= 0.6 is 0 Å². The van der Waals surface area contributed by atoms with Crippen LogP contribution in [0.5, 0.6) is 0 Å². The summed E-state index contributed by atoms with van der Waals surface area (Å²) in [6.45, 7) is 19.6. The van der Waals surface area contributed by atoms with E-state index in [1.807, 2.05) is 38.2 Å². The molecule has 6 rings (SSSR count). The Balaban J connectivity index is -0.000000218. The van der Waals surface area contributed by atoms with Crippen LogP contribution in [0.4, 0.5) is 0 Å². The third-order valence-electron chi connectivity index (χ3n) is 5.46. The smallest absolute Gasteiger partial charge is 1.00 e. The standard InChI is InChI=1S/2C11H11.2C5H5.2C3H7.2ClH.2Zr/c2*1-8-3-5-10-6-4-9(2)11(10)7-8;2*1-2-4-5-3-1;2*1-3-2;;;;/h2*3-7H,1-2H3;2*1-3H,4H2;2*1,3H2,2H3;2*1H;;/q6*-1;;;2*+4/p-2. The molecule has 0 aliphatic heterocycles. The molecule has 2 aliphatic rings. The molecule has 0 bridgehead atoms. The number of hydrogen-bond acceptors (Lipinski definition) is 0. The molecule has 0 atom stereocenters. The average Bonchev–Trinajstić information content (AvgIpc) is 3.73. The SMILES string of the molecule is Cc1ccc2cc[c-](C)c2c1.Cc1ccc2cc[c-](C)c2c1.[C-]1=CC=CC1.[C-]1=CC=CC1.[CH2-]CC.[CH2-]CC.[Cl-].[Cl-].[Zr+4].[Zr+4]. The second-order valence-corrected chi connectivity index (χ2v) is 9.22. The Hall–Kier alpha value is -1.03. The monoisotopic (exact) mass is 752 g/mol. The van der Waals surface area contributed by atoms with Crippen LogP contribution < -0.4 is 24.8 Å². The van der Waals surface area contributed by atoms with E-state index in [0.717, 1.165) is 25.7 Å². The zero-order valence-electron chi connectivity index (χ0n) is 26.2. The van der Waals surface area contributed by atoms with Gasteiger partial charge in [0, 0.05) is 0 Å². The van der Waals surface area contributed by atoms with Gasteiger partial charge in [-0.3, -0.25) is 12.2 Å². The van der Waals surface area contributed by atoms with Gasteiger partial charge in [0.25, 0.3) is 0 Å². The van der Waals surface area contributed by atoms with Crippen LogP contribution in [-0.2, 0) is 52.4 Å². The molecule has 0 fully saturated rings. The summed E-state index contributed by atoms with van der Waals surface area (Å²) < 4.78 is 0. The fraction of sp³-hybridized carbons (Fsp3) is 0.263. The van der Waals surface area contributed by atoms with E-state index in [9.17, 15) is 0 Å². The molecule has 0 heterocycles. The summed E-state index contributed by atoms with van der Waals surface area (Å²) in [7, 11) is 0. The van der Waals surface area contributed by atoms with Crippen molar-refractivity contribution in [2.45, 2.75) is 67.2 Å². The van der Waals surface area contributed by atoms with Crippen LogP contribution in [-0.4, -0.2) is 0 Å². The number of aryl methyl sites for hydroxylation is 4. The van der Waals surface area contributed by atoms with Gasteiger partial charge in [-0.25, -0.2) is 24.3 Å². The van der Waals surface area contributed by atoms with Gasteiger partial charge in [0.05, 0.1) is 0 Å². The molecule has 0 saturated heterocycles. The maximum Gasteiger partial charge on any atom is 4.00 e. The molecule has 0 spiro atoms. The maximum absolute atomic E-state index is 3.49. The van der Waals surface area contributed by atoms with Gasteiger partial charge in [-0.15, -0.1) is 69.8 Å². The number of fused-ring (bicyclic) bond motifs is 2. The largest absolute Gasteiger partial charge is 4.00 e. The minimum atomic E-state index is 0. The molecular weight excluding hydrogens is 710 g/mol. The Morgan fingerprint density at radius 1 is 0.643 bits per heavy atom. The number of rotatable bonds is 0. The van der Waals surface area contributed by atoms with Gasteiger partial charge in [0.1, 0.15) is 0 Å². The van der Waals surface area contributed by atoms with Crippen LogP contribution in [0, 0.1) is 53.7 Å². The molecule has 0 saturated carbocycles. The van der Waals surface area contributed by atoms with Gasteiger partial charge < -0.3 is 38.7 Å². The normalized spacial score (nSPS) is 10.7. The van der Waals surface area contributed by atoms with Crippen molar-refractivity contribution < 1.29 is 77.2 Å². The third kappa shape index (κ3) is 20.0. The van der Waals surface area contributed by atoms with Gasteiger partial charge in [0.15, 0.2) is 0 Å². The Morgan fingerprint density at radius 3 is 1.21 bits per heavy atom. The second kappa shape index (κ2) is 30.0. The molecule has 0 amide bonds. The quantitative estimate of drug-likeness (QED) is 0.211. The van der Waals surface area contributed by atoms with E-state index in [4.69, 9.17) is 0 Å². The number of hydrogen-bond donors (Lipinski definition) is 0. The molecule has 0 unspecified atom stereocenters. The van der Waals surface area contributed by atoms with E-state index in [-0.39, 0.29) is 77.2 Å². The van der Waals surface area contributed by atoms with E-state index in [2.05, 4.69) is 127 Å². The Morgan fingerprint density at radius 2 is 0.976 bits per heavy atom. The predicted molar refractivity (Wildman–Crippen MR) is 172 cm³/mol. The number of benzene rings is 2.